The lowest BCUT2D eigenvalue weighted by Gasteiger charge is -2.09. The summed E-state index contributed by atoms with van der Waals surface area (Å²) in [6, 6.07) is 7.19. The van der Waals surface area contributed by atoms with Gasteiger partial charge < -0.3 is 10.2 Å². The molecule has 0 heterocycles. The number of nitrogens with zero attached hydrogens (tertiary/aromatic N) is 1. The number of aliphatic carboxylic acids is 1. The number of hydrogen-bond donors (Lipinski definition) is 3. The van der Waals surface area contributed by atoms with E-state index in [9.17, 15) is 13.2 Å². The average Bonchev–Trinajstić information content (AvgIpc) is 2.35. The highest BCUT2D eigenvalue weighted by molar-refractivity contribution is 7.89. The third-order valence-corrected chi connectivity index (χ3v) is 3.53. The summed E-state index contributed by atoms with van der Waals surface area (Å²) in [6.07, 6.45) is -1.84. The van der Waals surface area contributed by atoms with E-state index in [4.69, 9.17) is 15.5 Å². The number of carboxylic acids is 1. The van der Waals surface area contributed by atoms with Crippen LogP contribution in [0.15, 0.2) is 29.2 Å². The van der Waals surface area contributed by atoms with Crippen LogP contribution in [-0.2, 0) is 14.8 Å². The zero-order valence-corrected chi connectivity index (χ0v) is 9.88. The molecular weight excluding hydrogens is 260 g/mol. The van der Waals surface area contributed by atoms with Crippen LogP contribution in [0.1, 0.15) is 5.56 Å². The SMILES string of the molecule is N#Cc1ccccc1S(=O)(=O)NC[C@H](O)C(=O)O. The van der Waals surface area contributed by atoms with Crippen LogP contribution < -0.4 is 4.72 Å². The Morgan fingerprint density at radius 3 is 2.61 bits per heavy atom. The van der Waals surface area contributed by atoms with E-state index in [1.165, 1.54) is 24.3 Å². The predicted molar refractivity (Wildman–Crippen MR) is 60.0 cm³/mol. The van der Waals surface area contributed by atoms with Crippen LogP contribution in [0.3, 0.4) is 0 Å². The van der Waals surface area contributed by atoms with Gasteiger partial charge in [-0.15, -0.1) is 0 Å². The van der Waals surface area contributed by atoms with Gasteiger partial charge in [-0.3, -0.25) is 0 Å². The van der Waals surface area contributed by atoms with Gasteiger partial charge in [0.15, 0.2) is 6.10 Å². The van der Waals surface area contributed by atoms with E-state index < -0.39 is 28.6 Å². The summed E-state index contributed by atoms with van der Waals surface area (Å²) in [5.41, 5.74) is -0.0604. The summed E-state index contributed by atoms with van der Waals surface area (Å²) in [7, 11) is -4.03. The molecule has 0 saturated heterocycles. The van der Waals surface area contributed by atoms with Crippen LogP contribution in [0.2, 0.25) is 0 Å². The number of benzene rings is 1. The van der Waals surface area contributed by atoms with Crippen LogP contribution >= 0.6 is 0 Å². The van der Waals surface area contributed by atoms with E-state index in [1.807, 2.05) is 4.72 Å². The standard InChI is InChI=1S/C10H10N2O5S/c11-5-7-3-1-2-4-9(7)18(16,17)12-6-8(13)10(14)15/h1-4,8,12-13H,6H2,(H,14,15)/t8-/m0/s1. The van der Waals surface area contributed by atoms with Gasteiger partial charge in [0.25, 0.3) is 0 Å². The summed E-state index contributed by atoms with van der Waals surface area (Å²) in [5, 5.41) is 26.1. The second-order valence-corrected chi connectivity index (χ2v) is 5.05. The normalized spacial score (nSPS) is 12.7. The van der Waals surface area contributed by atoms with Gasteiger partial charge in [0, 0.05) is 6.54 Å². The quantitative estimate of drug-likeness (QED) is 0.648. The van der Waals surface area contributed by atoms with E-state index in [2.05, 4.69) is 0 Å². The fraction of sp³-hybridized carbons (Fsp3) is 0.200. The second-order valence-electron chi connectivity index (χ2n) is 3.31. The first kappa shape index (κ1) is 14.1. The Labute approximate surface area is 103 Å². The van der Waals surface area contributed by atoms with Gasteiger partial charge in [0.1, 0.15) is 6.07 Å². The van der Waals surface area contributed by atoms with Gasteiger partial charge in [-0.05, 0) is 12.1 Å². The topological polar surface area (TPSA) is 127 Å². The molecule has 1 rings (SSSR count). The Bertz CT molecular complexity index is 591. The Morgan fingerprint density at radius 2 is 2.06 bits per heavy atom. The molecule has 8 heteroatoms. The summed E-state index contributed by atoms with van der Waals surface area (Å²) in [6.45, 7) is -0.669. The van der Waals surface area contributed by atoms with Crippen LogP contribution in [-0.4, -0.2) is 37.2 Å². The number of carbonyl (C=O) groups is 1. The Hall–Kier alpha value is -1.95. The van der Waals surface area contributed by atoms with E-state index >= 15 is 0 Å². The van der Waals surface area contributed by atoms with Crippen molar-refractivity contribution in [3.05, 3.63) is 29.8 Å². The van der Waals surface area contributed by atoms with Gasteiger partial charge in [0.05, 0.1) is 10.5 Å². The molecule has 0 saturated carbocycles. The lowest BCUT2D eigenvalue weighted by Crippen LogP contribution is -2.36. The van der Waals surface area contributed by atoms with Gasteiger partial charge >= 0.3 is 5.97 Å². The number of nitrogens with one attached hydrogen (secondary N) is 1. The molecule has 7 nitrogen and oxygen atoms in total. The van der Waals surface area contributed by atoms with Gasteiger partial charge in [0.2, 0.25) is 10.0 Å². The number of rotatable bonds is 5. The number of aliphatic hydroxyl groups excluding tert-OH is 1. The molecule has 0 aliphatic heterocycles. The van der Waals surface area contributed by atoms with Gasteiger partial charge in [-0.25, -0.2) is 17.9 Å². The summed E-state index contributed by atoms with van der Waals surface area (Å²) in [5.74, 6) is -1.54. The fourth-order valence-electron chi connectivity index (χ4n) is 1.15. The van der Waals surface area contributed by atoms with Crippen molar-refractivity contribution in [1.82, 2.24) is 4.72 Å². The molecule has 0 bridgehead atoms. The Morgan fingerprint density at radius 1 is 1.44 bits per heavy atom. The molecule has 3 N–H and O–H groups in total. The predicted octanol–water partition coefficient (Wildman–Crippen LogP) is -0.718. The highest BCUT2D eigenvalue weighted by atomic mass is 32.2. The molecule has 0 aromatic heterocycles. The summed E-state index contributed by atoms with van der Waals surface area (Å²) in [4.78, 5) is 10.1. The lowest BCUT2D eigenvalue weighted by molar-refractivity contribution is -0.146. The third kappa shape index (κ3) is 3.27. The highest BCUT2D eigenvalue weighted by Gasteiger charge is 2.21. The monoisotopic (exact) mass is 270 g/mol. The molecular formula is C10H10N2O5S. The first-order valence-electron chi connectivity index (χ1n) is 4.78. The maximum atomic E-state index is 11.8. The molecule has 1 atom stereocenters. The van der Waals surface area contributed by atoms with E-state index in [0.717, 1.165) is 0 Å². The Kier molecular flexibility index (Phi) is 4.38. The van der Waals surface area contributed by atoms with E-state index in [-0.39, 0.29) is 10.5 Å². The van der Waals surface area contributed by atoms with Crippen molar-refractivity contribution >= 4 is 16.0 Å². The smallest absolute Gasteiger partial charge is 0.333 e. The lowest BCUT2D eigenvalue weighted by atomic mass is 10.2. The molecule has 0 unspecified atom stereocenters. The van der Waals surface area contributed by atoms with Crippen LogP contribution in [0, 0.1) is 11.3 Å². The summed E-state index contributed by atoms with van der Waals surface area (Å²) >= 11 is 0. The maximum Gasteiger partial charge on any atom is 0.333 e. The maximum absolute atomic E-state index is 11.8. The first-order chi connectivity index (χ1) is 8.38. The average molecular weight is 270 g/mol. The molecule has 0 radical (unpaired) electrons. The van der Waals surface area contributed by atoms with Crippen molar-refractivity contribution in [3.63, 3.8) is 0 Å². The second kappa shape index (κ2) is 5.59. The van der Waals surface area contributed by atoms with Crippen LogP contribution in [0.25, 0.3) is 0 Å². The van der Waals surface area contributed by atoms with Crippen molar-refractivity contribution < 1.29 is 23.4 Å². The number of carboxylic acid groups (broad SMARTS) is 1. The fourth-order valence-corrected chi connectivity index (χ4v) is 2.34. The molecule has 96 valence electrons. The molecule has 1 aromatic carbocycles. The van der Waals surface area contributed by atoms with Crippen molar-refractivity contribution in [2.45, 2.75) is 11.0 Å². The van der Waals surface area contributed by atoms with Crippen molar-refractivity contribution in [2.24, 2.45) is 0 Å². The highest BCUT2D eigenvalue weighted by Crippen LogP contribution is 2.13. The summed E-state index contributed by atoms with van der Waals surface area (Å²) < 4.78 is 25.5. The van der Waals surface area contributed by atoms with Gasteiger partial charge in [-0.1, -0.05) is 12.1 Å². The van der Waals surface area contributed by atoms with Gasteiger partial charge in [-0.2, -0.15) is 5.26 Å². The molecule has 18 heavy (non-hydrogen) atoms. The molecule has 1 aromatic rings. The molecule has 0 spiro atoms. The number of hydrogen-bond acceptors (Lipinski definition) is 5. The van der Waals surface area contributed by atoms with Crippen molar-refractivity contribution in [1.29, 1.82) is 5.26 Å². The van der Waals surface area contributed by atoms with Crippen LogP contribution in [0.5, 0.6) is 0 Å². The minimum atomic E-state index is -4.03. The van der Waals surface area contributed by atoms with Crippen molar-refractivity contribution in [2.75, 3.05) is 6.54 Å². The number of aliphatic hydroxyl groups is 1. The zero-order chi connectivity index (χ0) is 13.8. The van der Waals surface area contributed by atoms with E-state index in [1.54, 1.807) is 6.07 Å². The molecule has 0 aliphatic carbocycles. The minimum absolute atomic E-state index is 0.0604. The first-order valence-corrected chi connectivity index (χ1v) is 6.26. The van der Waals surface area contributed by atoms with Crippen molar-refractivity contribution in [3.8, 4) is 6.07 Å². The number of nitriles is 1. The largest absolute Gasteiger partial charge is 0.479 e. The third-order valence-electron chi connectivity index (χ3n) is 2.05. The van der Waals surface area contributed by atoms with E-state index in [0.29, 0.717) is 0 Å². The van der Waals surface area contributed by atoms with Crippen LogP contribution in [0.4, 0.5) is 0 Å². The zero-order valence-electron chi connectivity index (χ0n) is 9.07. The minimum Gasteiger partial charge on any atom is -0.479 e. The molecule has 0 aliphatic rings. The molecule has 0 fully saturated rings. The number of sulfonamides is 1. The molecule has 0 amide bonds. The Balaban J connectivity index is 2.94.